The van der Waals surface area contributed by atoms with Gasteiger partial charge in [0, 0.05) is 19.3 Å². The van der Waals surface area contributed by atoms with E-state index in [1.807, 2.05) is 0 Å². The van der Waals surface area contributed by atoms with Crippen LogP contribution in [0.4, 0.5) is 0 Å². The SMILES string of the molecule is NCCCCC(NC(=O)C(CCC(N)=O)NC(=O)C(CCC(N)=O)NC(=O)C(N)CCC(N)=O)C(=O)O. The maximum absolute atomic E-state index is 13.0. The molecule has 210 valence electrons. The molecule has 0 saturated heterocycles. The number of carboxylic acid groups (broad SMARTS) is 1. The largest absolute Gasteiger partial charge is 0.480 e. The number of unbranched alkanes of at least 4 members (excludes halogenated alkanes) is 1. The number of nitrogens with one attached hydrogen (secondary N) is 3. The Labute approximate surface area is 213 Å². The van der Waals surface area contributed by atoms with E-state index in [9.17, 15) is 38.7 Å². The lowest BCUT2D eigenvalue weighted by Crippen LogP contribution is -2.57. The maximum atomic E-state index is 13.0. The Morgan fingerprint density at radius 2 is 1.00 bits per heavy atom. The van der Waals surface area contributed by atoms with Crippen molar-refractivity contribution < 1.29 is 38.7 Å². The summed E-state index contributed by atoms with van der Waals surface area (Å²) < 4.78 is 0. The lowest BCUT2D eigenvalue weighted by molar-refractivity contribution is -0.142. The number of carbonyl (C=O) groups excluding carboxylic acids is 6. The Balaban J connectivity index is 5.59. The second-order valence-corrected chi connectivity index (χ2v) is 8.43. The molecule has 0 bridgehead atoms. The van der Waals surface area contributed by atoms with Gasteiger partial charge in [-0.1, -0.05) is 0 Å². The fraction of sp³-hybridized carbons (Fsp3) is 0.667. The van der Waals surface area contributed by atoms with Crippen LogP contribution in [0.3, 0.4) is 0 Å². The normalized spacial score (nSPS) is 13.9. The first-order valence-corrected chi connectivity index (χ1v) is 11.7. The molecule has 37 heavy (non-hydrogen) atoms. The van der Waals surface area contributed by atoms with Crippen LogP contribution >= 0.6 is 0 Å². The first-order valence-electron chi connectivity index (χ1n) is 11.7. The van der Waals surface area contributed by atoms with Crippen LogP contribution in [0.25, 0.3) is 0 Å². The molecule has 0 radical (unpaired) electrons. The molecule has 0 aromatic carbocycles. The standard InChI is InChI=1S/C21H38N8O8/c22-10-2-1-3-14(21(36)37)29-20(35)13(6-9-17(26)32)28-19(34)12(5-8-16(25)31)27-18(33)11(23)4-7-15(24)30/h11-14H,1-10,22-23H2,(H2,24,30)(H2,25,31)(H2,26,32)(H,27,33)(H,28,34)(H,29,35)(H,36,37). The third kappa shape index (κ3) is 15.0. The quantitative estimate of drug-likeness (QED) is 0.0683. The third-order valence-electron chi connectivity index (χ3n) is 5.22. The molecule has 0 heterocycles. The Hall–Kier alpha value is -3.79. The van der Waals surface area contributed by atoms with Gasteiger partial charge in [-0.25, -0.2) is 4.79 Å². The van der Waals surface area contributed by atoms with E-state index in [4.69, 9.17) is 28.7 Å². The molecule has 0 rings (SSSR count). The van der Waals surface area contributed by atoms with Crippen molar-refractivity contribution in [2.24, 2.45) is 28.7 Å². The Bertz CT molecular complexity index is 837. The van der Waals surface area contributed by atoms with Crippen molar-refractivity contribution in [2.45, 2.75) is 82.0 Å². The van der Waals surface area contributed by atoms with Gasteiger partial charge in [0.05, 0.1) is 6.04 Å². The molecule has 6 amide bonds. The smallest absolute Gasteiger partial charge is 0.326 e. The highest BCUT2D eigenvalue weighted by atomic mass is 16.4. The first-order chi connectivity index (χ1) is 17.3. The molecule has 0 aliphatic carbocycles. The zero-order chi connectivity index (χ0) is 28.5. The zero-order valence-electron chi connectivity index (χ0n) is 20.6. The Morgan fingerprint density at radius 3 is 1.41 bits per heavy atom. The van der Waals surface area contributed by atoms with E-state index >= 15 is 0 Å². The third-order valence-corrected chi connectivity index (χ3v) is 5.22. The number of amides is 6. The summed E-state index contributed by atoms with van der Waals surface area (Å²) in [4.78, 5) is 83.2. The van der Waals surface area contributed by atoms with Gasteiger partial charge in [-0.15, -0.1) is 0 Å². The molecular weight excluding hydrogens is 492 g/mol. The molecule has 0 saturated carbocycles. The number of primary amides is 3. The number of carbonyl (C=O) groups is 7. The van der Waals surface area contributed by atoms with Crippen molar-refractivity contribution in [3.63, 3.8) is 0 Å². The van der Waals surface area contributed by atoms with Crippen molar-refractivity contribution >= 4 is 41.4 Å². The van der Waals surface area contributed by atoms with Gasteiger partial charge < -0.3 is 49.7 Å². The topological polar surface area (TPSA) is 306 Å². The monoisotopic (exact) mass is 530 g/mol. The highest BCUT2D eigenvalue weighted by Crippen LogP contribution is 2.06. The van der Waals surface area contributed by atoms with Gasteiger partial charge in [0.2, 0.25) is 35.4 Å². The van der Waals surface area contributed by atoms with Crippen LogP contribution in [-0.4, -0.2) is 77.2 Å². The predicted octanol–water partition coefficient (Wildman–Crippen LogP) is -4.22. The maximum Gasteiger partial charge on any atom is 0.326 e. The lowest BCUT2D eigenvalue weighted by atomic mass is 10.0. The van der Waals surface area contributed by atoms with Crippen LogP contribution in [0, 0.1) is 0 Å². The molecular formula is C21H38N8O8. The number of rotatable bonds is 20. The van der Waals surface area contributed by atoms with E-state index in [0.717, 1.165) is 0 Å². The summed E-state index contributed by atoms with van der Waals surface area (Å²) in [5.41, 5.74) is 26.4. The van der Waals surface area contributed by atoms with Crippen molar-refractivity contribution in [3.8, 4) is 0 Å². The second kappa shape index (κ2) is 17.6. The molecule has 0 aromatic heterocycles. The molecule has 0 aliphatic rings. The summed E-state index contributed by atoms with van der Waals surface area (Å²) in [7, 11) is 0. The second-order valence-electron chi connectivity index (χ2n) is 8.43. The molecule has 4 unspecified atom stereocenters. The lowest BCUT2D eigenvalue weighted by Gasteiger charge is -2.25. The van der Waals surface area contributed by atoms with Gasteiger partial charge in [0.15, 0.2) is 0 Å². The molecule has 0 spiro atoms. The van der Waals surface area contributed by atoms with Gasteiger partial charge in [-0.05, 0) is 45.1 Å². The van der Waals surface area contributed by atoms with Crippen LogP contribution in [0.1, 0.15) is 57.8 Å². The van der Waals surface area contributed by atoms with Crippen LogP contribution in [0.5, 0.6) is 0 Å². The van der Waals surface area contributed by atoms with E-state index in [0.29, 0.717) is 19.4 Å². The van der Waals surface area contributed by atoms with Gasteiger partial charge in [0.25, 0.3) is 0 Å². The Kier molecular flexibility index (Phi) is 15.8. The predicted molar refractivity (Wildman–Crippen MR) is 130 cm³/mol. The zero-order valence-corrected chi connectivity index (χ0v) is 20.6. The first kappa shape index (κ1) is 33.2. The summed E-state index contributed by atoms with van der Waals surface area (Å²) in [6, 6.07) is -5.24. The van der Waals surface area contributed by atoms with Crippen molar-refractivity contribution in [2.75, 3.05) is 6.54 Å². The summed E-state index contributed by atoms with van der Waals surface area (Å²) in [6.45, 7) is 0.335. The highest BCUT2D eigenvalue weighted by Gasteiger charge is 2.30. The van der Waals surface area contributed by atoms with Crippen molar-refractivity contribution in [3.05, 3.63) is 0 Å². The van der Waals surface area contributed by atoms with E-state index in [2.05, 4.69) is 16.0 Å². The van der Waals surface area contributed by atoms with Crippen LogP contribution < -0.4 is 44.6 Å². The van der Waals surface area contributed by atoms with Gasteiger partial charge >= 0.3 is 5.97 Å². The fourth-order valence-corrected chi connectivity index (χ4v) is 3.11. The minimum atomic E-state index is -1.40. The van der Waals surface area contributed by atoms with Crippen molar-refractivity contribution in [1.29, 1.82) is 0 Å². The minimum Gasteiger partial charge on any atom is -0.480 e. The molecule has 0 aromatic rings. The number of hydrogen-bond acceptors (Lipinski definition) is 9. The molecule has 4 atom stereocenters. The molecule has 14 N–H and O–H groups in total. The van der Waals surface area contributed by atoms with Crippen molar-refractivity contribution in [1.82, 2.24) is 16.0 Å². The minimum absolute atomic E-state index is 0.0786. The molecule has 16 nitrogen and oxygen atoms in total. The van der Waals surface area contributed by atoms with E-state index in [1.165, 1.54) is 0 Å². The van der Waals surface area contributed by atoms with Crippen LogP contribution in [-0.2, 0) is 33.6 Å². The number of nitrogens with two attached hydrogens (primary N) is 5. The molecule has 0 aliphatic heterocycles. The molecule has 16 heteroatoms. The Morgan fingerprint density at radius 1 is 0.595 bits per heavy atom. The van der Waals surface area contributed by atoms with Gasteiger partial charge in [0.1, 0.15) is 18.1 Å². The number of hydrogen-bond donors (Lipinski definition) is 9. The average Bonchev–Trinajstić information content (AvgIpc) is 2.81. The van der Waals surface area contributed by atoms with Gasteiger partial charge in [-0.3, -0.25) is 28.8 Å². The van der Waals surface area contributed by atoms with E-state index in [1.54, 1.807) is 0 Å². The van der Waals surface area contributed by atoms with Crippen LogP contribution in [0.15, 0.2) is 0 Å². The van der Waals surface area contributed by atoms with Gasteiger partial charge in [-0.2, -0.15) is 0 Å². The van der Waals surface area contributed by atoms with Crippen LogP contribution in [0.2, 0.25) is 0 Å². The summed E-state index contributed by atoms with van der Waals surface area (Å²) in [5, 5.41) is 16.4. The summed E-state index contributed by atoms with van der Waals surface area (Å²) in [6.07, 6.45) is -0.404. The highest BCUT2D eigenvalue weighted by molar-refractivity contribution is 5.94. The summed E-state index contributed by atoms with van der Waals surface area (Å²) in [5.74, 6) is -6.17. The number of carboxylic acids is 1. The number of aliphatic carboxylic acids is 1. The summed E-state index contributed by atoms with van der Waals surface area (Å²) >= 11 is 0. The fourth-order valence-electron chi connectivity index (χ4n) is 3.11. The van der Waals surface area contributed by atoms with E-state index < -0.39 is 65.6 Å². The van der Waals surface area contributed by atoms with E-state index in [-0.39, 0.29) is 44.9 Å². The molecule has 0 fully saturated rings. The average molecular weight is 531 g/mol.